The summed E-state index contributed by atoms with van der Waals surface area (Å²) in [4.78, 5) is 0. The van der Waals surface area contributed by atoms with E-state index in [4.69, 9.17) is 10.5 Å². The van der Waals surface area contributed by atoms with Gasteiger partial charge in [-0.05, 0) is 25.0 Å². The first kappa shape index (κ1) is 9.46. The van der Waals surface area contributed by atoms with Crippen LogP contribution < -0.4 is 10.5 Å². The van der Waals surface area contributed by atoms with E-state index >= 15 is 0 Å². The zero-order chi connectivity index (χ0) is 10.0. The number of hydrogen-bond acceptors (Lipinski definition) is 2. The van der Waals surface area contributed by atoms with Crippen LogP contribution in [0, 0.1) is 11.2 Å². The molecule has 0 spiro atoms. The molecule has 0 aliphatic heterocycles. The summed E-state index contributed by atoms with van der Waals surface area (Å²) in [6.07, 6.45) is 2.19. The Bertz CT molecular complexity index is 323. The van der Waals surface area contributed by atoms with Crippen molar-refractivity contribution in [2.24, 2.45) is 11.1 Å². The van der Waals surface area contributed by atoms with Gasteiger partial charge in [-0.3, -0.25) is 0 Å². The Hall–Kier alpha value is -1.09. The third kappa shape index (κ3) is 1.87. The minimum Gasteiger partial charge on any atom is -0.490 e. The van der Waals surface area contributed by atoms with Gasteiger partial charge in [0.1, 0.15) is 0 Å². The molecule has 3 heteroatoms. The van der Waals surface area contributed by atoms with Gasteiger partial charge in [0.05, 0.1) is 6.61 Å². The SMILES string of the molecule is NCC1(COc2ccccc2F)CC1. The van der Waals surface area contributed by atoms with E-state index in [0.717, 1.165) is 12.8 Å². The fourth-order valence-corrected chi connectivity index (χ4v) is 1.38. The van der Waals surface area contributed by atoms with Crippen molar-refractivity contribution >= 4 is 0 Å². The number of ether oxygens (including phenoxy) is 1. The molecular formula is C11H14FNO. The number of rotatable bonds is 4. The maximum absolute atomic E-state index is 13.1. The zero-order valence-corrected chi connectivity index (χ0v) is 8.00. The van der Waals surface area contributed by atoms with E-state index in [1.165, 1.54) is 6.07 Å². The van der Waals surface area contributed by atoms with Crippen molar-refractivity contribution in [1.29, 1.82) is 0 Å². The van der Waals surface area contributed by atoms with Crippen LogP contribution in [0.3, 0.4) is 0 Å². The highest BCUT2D eigenvalue weighted by atomic mass is 19.1. The van der Waals surface area contributed by atoms with Gasteiger partial charge in [0.2, 0.25) is 0 Å². The molecular weight excluding hydrogens is 181 g/mol. The van der Waals surface area contributed by atoms with E-state index in [9.17, 15) is 4.39 Å². The van der Waals surface area contributed by atoms with Gasteiger partial charge in [-0.15, -0.1) is 0 Å². The van der Waals surface area contributed by atoms with Crippen molar-refractivity contribution in [3.8, 4) is 5.75 Å². The lowest BCUT2D eigenvalue weighted by atomic mass is 10.1. The van der Waals surface area contributed by atoms with E-state index in [2.05, 4.69) is 0 Å². The van der Waals surface area contributed by atoms with E-state index in [1.807, 2.05) is 0 Å². The van der Waals surface area contributed by atoms with Crippen LogP contribution in [0.5, 0.6) is 5.75 Å². The molecule has 1 aromatic carbocycles. The Morgan fingerprint density at radius 2 is 2.07 bits per heavy atom. The lowest BCUT2D eigenvalue weighted by Crippen LogP contribution is -2.23. The van der Waals surface area contributed by atoms with Crippen LogP contribution in [0.2, 0.25) is 0 Å². The highest BCUT2D eigenvalue weighted by molar-refractivity contribution is 5.23. The molecule has 1 aliphatic carbocycles. The second kappa shape index (κ2) is 3.58. The number of halogens is 1. The molecule has 76 valence electrons. The molecule has 1 aliphatic rings. The van der Waals surface area contributed by atoms with Crippen molar-refractivity contribution in [1.82, 2.24) is 0 Å². The highest BCUT2D eigenvalue weighted by Crippen LogP contribution is 2.44. The fourth-order valence-electron chi connectivity index (χ4n) is 1.38. The highest BCUT2D eigenvalue weighted by Gasteiger charge is 2.42. The molecule has 1 aromatic rings. The van der Waals surface area contributed by atoms with Gasteiger partial charge >= 0.3 is 0 Å². The van der Waals surface area contributed by atoms with Crippen LogP contribution in [0.4, 0.5) is 4.39 Å². The molecule has 2 nitrogen and oxygen atoms in total. The summed E-state index contributed by atoms with van der Waals surface area (Å²) in [5.41, 5.74) is 5.72. The van der Waals surface area contributed by atoms with Crippen LogP contribution in [0.25, 0.3) is 0 Å². The minimum atomic E-state index is -0.305. The van der Waals surface area contributed by atoms with E-state index < -0.39 is 0 Å². The molecule has 0 unspecified atom stereocenters. The smallest absolute Gasteiger partial charge is 0.165 e. The first-order chi connectivity index (χ1) is 6.76. The topological polar surface area (TPSA) is 35.2 Å². The second-order valence-electron chi connectivity index (χ2n) is 3.92. The Labute approximate surface area is 82.9 Å². The molecule has 0 amide bonds. The summed E-state index contributed by atoms with van der Waals surface area (Å²) < 4.78 is 18.5. The maximum atomic E-state index is 13.1. The van der Waals surface area contributed by atoms with E-state index in [-0.39, 0.29) is 11.2 Å². The molecule has 0 atom stereocenters. The maximum Gasteiger partial charge on any atom is 0.165 e. The lowest BCUT2D eigenvalue weighted by molar-refractivity contribution is 0.229. The number of hydrogen-bond donors (Lipinski definition) is 1. The van der Waals surface area contributed by atoms with Crippen LogP contribution in [0.15, 0.2) is 24.3 Å². The van der Waals surface area contributed by atoms with Crippen molar-refractivity contribution in [2.75, 3.05) is 13.2 Å². The normalized spacial score (nSPS) is 17.9. The van der Waals surface area contributed by atoms with Crippen molar-refractivity contribution in [3.63, 3.8) is 0 Å². The molecule has 1 fully saturated rings. The Morgan fingerprint density at radius 3 is 2.64 bits per heavy atom. The lowest BCUT2D eigenvalue weighted by Gasteiger charge is -2.13. The standard InChI is InChI=1S/C11H14FNO/c12-9-3-1-2-4-10(9)14-8-11(7-13)5-6-11/h1-4H,5-8,13H2. The van der Waals surface area contributed by atoms with E-state index in [1.54, 1.807) is 18.2 Å². The van der Waals surface area contributed by atoms with Crippen LogP contribution in [-0.4, -0.2) is 13.2 Å². The predicted octanol–water partition coefficient (Wildman–Crippen LogP) is 1.94. The molecule has 0 aromatic heterocycles. The third-order valence-electron chi connectivity index (χ3n) is 2.76. The summed E-state index contributed by atoms with van der Waals surface area (Å²) in [6, 6.07) is 6.46. The molecule has 0 saturated heterocycles. The average molecular weight is 195 g/mol. The van der Waals surface area contributed by atoms with Gasteiger partial charge in [0, 0.05) is 12.0 Å². The molecule has 0 bridgehead atoms. The van der Waals surface area contributed by atoms with Crippen molar-refractivity contribution < 1.29 is 9.13 Å². The van der Waals surface area contributed by atoms with Crippen LogP contribution >= 0.6 is 0 Å². The summed E-state index contributed by atoms with van der Waals surface area (Å²) in [7, 11) is 0. The average Bonchev–Trinajstić information content (AvgIpc) is 2.98. The molecule has 1 saturated carbocycles. The molecule has 0 heterocycles. The summed E-state index contributed by atoms with van der Waals surface area (Å²) >= 11 is 0. The zero-order valence-electron chi connectivity index (χ0n) is 8.00. The molecule has 0 radical (unpaired) electrons. The number of benzene rings is 1. The Kier molecular flexibility index (Phi) is 2.42. The van der Waals surface area contributed by atoms with Gasteiger partial charge in [-0.25, -0.2) is 4.39 Å². The monoisotopic (exact) mass is 195 g/mol. The first-order valence-electron chi connectivity index (χ1n) is 4.83. The van der Waals surface area contributed by atoms with Gasteiger partial charge in [0.15, 0.2) is 11.6 Å². The largest absolute Gasteiger partial charge is 0.490 e. The Morgan fingerprint density at radius 1 is 1.36 bits per heavy atom. The molecule has 14 heavy (non-hydrogen) atoms. The molecule has 2 rings (SSSR count). The minimum absolute atomic E-state index is 0.127. The summed E-state index contributed by atoms with van der Waals surface area (Å²) in [5.74, 6) is 0.0209. The number of nitrogens with two attached hydrogens (primary N) is 1. The third-order valence-corrected chi connectivity index (χ3v) is 2.76. The van der Waals surface area contributed by atoms with Crippen molar-refractivity contribution in [2.45, 2.75) is 12.8 Å². The summed E-state index contributed by atoms with van der Waals surface area (Å²) in [5, 5.41) is 0. The van der Waals surface area contributed by atoms with Gasteiger partial charge in [0.25, 0.3) is 0 Å². The quantitative estimate of drug-likeness (QED) is 0.796. The fraction of sp³-hybridized carbons (Fsp3) is 0.455. The first-order valence-corrected chi connectivity index (χ1v) is 4.83. The second-order valence-corrected chi connectivity index (χ2v) is 3.92. The van der Waals surface area contributed by atoms with Gasteiger partial charge in [-0.2, -0.15) is 0 Å². The van der Waals surface area contributed by atoms with Crippen LogP contribution in [0.1, 0.15) is 12.8 Å². The van der Waals surface area contributed by atoms with Gasteiger partial charge < -0.3 is 10.5 Å². The summed E-state index contributed by atoms with van der Waals surface area (Å²) in [6.45, 7) is 1.16. The van der Waals surface area contributed by atoms with Crippen LogP contribution in [-0.2, 0) is 0 Å². The van der Waals surface area contributed by atoms with Crippen molar-refractivity contribution in [3.05, 3.63) is 30.1 Å². The molecule has 2 N–H and O–H groups in total. The van der Waals surface area contributed by atoms with Gasteiger partial charge in [-0.1, -0.05) is 12.1 Å². The van der Waals surface area contributed by atoms with E-state index in [0.29, 0.717) is 18.9 Å². The predicted molar refractivity (Wildman–Crippen MR) is 52.6 cm³/mol. The Balaban J connectivity index is 1.95. The number of para-hydroxylation sites is 1.